The minimum atomic E-state index is 0.373. The van der Waals surface area contributed by atoms with Gasteiger partial charge in [0.15, 0.2) is 0 Å². The molecule has 1 atom stereocenters. The summed E-state index contributed by atoms with van der Waals surface area (Å²) in [6.45, 7) is 4.52. The van der Waals surface area contributed by atoms with E-state index in [-0.39, 0.29) is 0 Å². The molecule has 110 valence electrons. The van der Waals surface area contributed by atoms with Crippen LogP contribution in [0.1, 0.15) is 58.3 Å². The van der Waals surface area contributed by atoms with Gasteiger partial charge in [-0.1, -0.05) is 26.2 Å². The van der Waals surface area contributed by atoms with Crippen LogP contribution in [-0.2, 0) is 4.79 Å². The maximum Gasteiger partial charge on any atom is 0.222 e. The highest BCUT2D eigenvalue weighted by molar-refractivity contribution is 5.76. The minimum Gasteiger partial charge on any atom is -0.343 e. The number of nitrogens with zero attached hydrogens (tertiary/aromatic N) is 1. The average Bonchev–Trinajstić information content (AvgIpc) is 2.48. The van der Waals surface area contributed by atoms with E-state index in [1.807, 2.05) is 7.05 Å². The third kappa shape index (κ3) is 4.20. The van der Waals surface area contributed by atoms with Gasteiger partial charge in [0.1, 0.15) is 0 Å². The topological polar surface area (TPSA) is 32.3 Å². The predicted molar refractivity (Wildman–Crippen MR) is 79.0 cm³/mol. The highest BCUT2D eigenvalue weighted by atomic mass is 16.2. The molecule has 1 saturated heterocycles. The highest BCUT2D eigenvalue weighted by Gasteiger charge is 2.26. The van der Waals surface area contributed by atoms with Crippen LogP contribution in [0.2, 0.25) is 0 Å². The Kier molecular flexibility index (Phi) is 5.68. The smallest absolute Gasteiger partial charge is 0.222 e. The van der Waals surface area contributed by atoms with Gasteiger partial charge in [-0.05, 0) is 50.6 Å². The molecule has 1 aliphatic heterocycles. The molecule has 1 saturated carbocycles. The summed E-state index contributed by atoms with van der Waals surface area (Å²) >= 11 is 0. The molecule has 1 heterocycles. The molecule has 1 N–H and O–H groups in total. The number of hydrogen-bond donors (Lipinski definition) is 1. The van der Waals surface area contributed by atoms with Gasteiger partial charge < -0.3 is 10.2 Å². The summed E-state index contributed by atoms with van der Waals surface area (Å²) in [7, 11) is 2.02. The Morgan fingerprint density at radius 1 is 1.16 bits per heavy atom. The van der Waals surface area contributed by atoms with Gasteiger partial charge in [-0.15, -0.1) is 0 Å². The zero-order valence-electron chi connectivity index (χ0n) is 12.7. The van der Waals surface area contributed by atoms with E-state index in [2.05, 4.69) is 17.1 Å². The molecule has 1 aliphatic carbocycles. The van der Waals surface area contributed by atoms with Crippen LogP contribution in [0.5, 0.6) is 0 Å². The Hall–Kier alpha value is -0.570. The van der Waals surface area contributed by atoms with Gasteiger partial charge in [-0.2, -0.15) is 0 Å². The van der Waals surface area contributed by atoms with E-state index in [0.29, 0.717) is 17.9 Å². The SMILES string of the molecule is CC(CC(=O)N(C)C1CCCCC1)C1CCNCC1. The van der Waals surface area contributed by atoms with E-state index < -0.39 is 0 Å². The van der Waals surface area contributed by atoms with Crippen LogP contribution in [-0.4, -0.2) is 37.0 Å². The van der Waals surface area contributed by atoms with Crippen molar-refractivity contribution in [1.29, 1.82) is 0 Å². The molecule has 3 heteroatoms. The van der Waals surface area contributed by atoms with Gasteiger partial charge in [0.2, 0.25) is 5.91 Å². The molecule has 3 nitrogen and oxygen atoms in total. The molecule has 2 aliphatic rings. The first-order chi connectivity index (χ1) is 9.18. The van der Waals surface area contributed by atoms with Crippen LogP contribution >= 0.6 is 0 Å². The van der Waals surface area contributed by atoms with Crippen molar-refractivity contribution >= 4 is 5.91 Å². The predicted octanol–water partition coefficient (Wildman–Crippen LogP) is 2.80. The fourth-order valence-electron chi connectivity index (χ4n) is 3.67. The summed E-state index contributed by atoms with van der Waals surface area (Å²) in [5.74, 6) is 1.66. The summed E-state index contributed by atoms with van der Waals surface area (Å²) in [6, 6.07) is 0.515. The molecule has 0 aromatic heterocycles. The summed E-state index contributed by atoms with van der Waals surface area (Å²) in [4.78, 5) is 14.5. The number of carbonyl (C=O) groups excluding carboxylic acids is 1. The van der Waals surface area contributed by atoms with Crippen LogP contribution in [0, 0.1) is 11.8 Å². The van der Waals surface area contributed by atoms with Crippen molar-refractivity contribution in [3.63, 3.8) is 0 Å². The van der Waals surface area contributed by atoms with E-state index in [0.717, 1.165) is 25.4 Å². The standard InChI is InChI=1S/C16H30N2O/c1-13(14-8-10-17-11-9-14)12-16(19)18(2)15-6-4-3-5-7-15/h13-15,17H,3-12H2,1-2H3. The van der Waals surface area contributed by atoms with Gasteiger partial charge in [0.05, 0.1) is 0 Å². The molecule has 19 heavy (non-hydrogen) atoms. The molecule has 0 aromatic carbocycles. The van der Waals surface area contributed by atoms with Crippen LogP contribution in [0.25, 0.3) is 0 Å². The zero-order chi connectivity index (χ0) is 13.7. The Labute approximate surface area is 118 Å². The van der Waals surface area contributed by atoms with Crippen LogP contribution in [0.4, 0.5) is 0 Å². The van der Waals surface area contributed by atoms with E-state index in [9.17, 15) is 4.79 Å². The Morgan fingerprint density at radius 2 is 1.79 bits per heavy atom. The van der Waals surface area contributed by atoms with Crippen LogP contribution in [0.3, 0.4) is 0 Å². The lowest BCUT2D eigenvalue weighted by Crippen LogP contribution is -2.40. The van der Waals surface area contributed by atoms with Gasteiger partial charge in [0, 0.05) is 19.5 Å². The van der Waals surface area contributed by atoms with Crippen LogP contribution < -0.4 is 5.32 Å². The third-order valence-electron chi connectivity index (χ3n) is 5.20. The fourth-order valence-corrected chi connectivity index (χ4v) is 3.67. The van der Waals surface area contributed by atoms with Crippen molar-refractivity contribution in [2.75, 3.05) is 20.1 Å². The molecule has 2 fully saturated rings. The first-order valence-corrected chi connectivity index (χ1v) is 8.15. The number of hydrogen-bond acceptors (Lipinski definition) is 2. The number of amides is 1. The average molecular weight is 266 g/mol. The molecule has 0 bridgehead atoms. The Morgan fingerprint density at radius 3 is 2.42 bits per heavy atom. The largest absolute Gasteiger partial charge is 0.343 e. The Balaban J connectivity index is 1.78. The van der Waals surface area contributed by atoms with Crippen molar-refractivity contribution in [3.8, 4) is 0 Å². The van der Waals surface area contributed by atoms with Crippen molar-refractivity contribution < 1.29 is 4.79 Å². The monoisotopic (exact) mass is 266 g/mol. The fraction of sp³-hybridized carbons (Fsp3) is 0.938. The molecule has 0 aromatic rings. The molecular weight excluding hydrogens is 236 g/mol. The second-order valence-electron chi connectivity index (χ2n) is 6.57. The maximum absolute atomic E-state index is 12.4. The number of piperidine rings is 1. The second-order valence-corrected chi connectivity index (χ2v) is 6.57. The molecule has 1 unspecified atom stereocenters. The molecule has 2 rings (SSSR count). The first-order valence-electron chi connectivity index (χ1n) is 8.15. The van der Waals surface area contributed by atoms with Gasteiger partial charge in [-0.25, -0.2) is 0 Å². The molecule has 0 spiro atoms. The normalized spacial score (nSPS) is 24.1. The quantitative estimate of drug-likeness (QED) is 0.848. The first kappa shape index (κ1) is 14.8. The zero-order valence-corrected chi connectivity index (χ0v) is 12.7. The van der Waals surface area contributed by atoms with Crippen molar-refractivity contribution in [2.45, 2.75) is 64.3 Å². The number of carbonyl (C=O) groups is 1. The lowest BCUT2D eigenvalue weighted by molar-refractivity contribution is -0.133. The maximum atomic E-state index is 12.4. The van der Waals surface area contributed by atoms with Crippen molar-refractivity contribution in [3.05, 3.63) is 0 Å². The summed E-state index contributed by atoms with van der Waals surface area (Å²) < 4.78 is 0. The van der Waals surface area contributed by atoms with E-state index in [1.54, 1.807) is 0 Å². The lowest BCUT2D eigenvalue weighted by atomic mass is 9.83. The molecular formula is C16H30N2O. The number of nitrogens with one attached hydrogen (secondary N) is 1. The van der Waals surface area contributed by atoms with E-state index in [1.165, 1.54) is 44.9 Å². The summed E-state index contributed by atoms with van der Waals surface area (Å²) in [5.41, 5.74) is 0. The van der Waals surface area contributed by atoms with Gasteiger partial charge in [0.25, 0.3) is 0 Å². The lowest BCUT2D eigenvalue weighted by Gasteiger charge is -2.33. The molecule has 0 radical (unpaired) electrons. The minimum absolute atomic E-state index is 0.373. The summed E-state index contributed by atoms with van der Waals surface area (Å²) in [5, 5.41) is 3.40. The van der Waals surface area contributed by atoms with Crippen LogP contribution in [0.15, 0.2) is 0 Å². The highest BCUT2D eigenvalue weighted by Crippen LogP contribution is 2.27. The van der Waals surface area contributed by atoms with E-state index in [4.69, 9.17) is 0 Å². The Bertz CT molecular complexity index is 280. The third-order valence-corrected chi connectivity index (χ3v) is 5.20. The van der Waals surface area contributed by atoms with Gasteiger partial charge >= 0.3 is 0 Å². The van der Waals surface area contributed by atoms with Crippen molar-refractivity contribution in [2.24, 2.45) is 11.8 Å². The van der Waals surface area contributed by atoms with Crippen molar-refractivity contribution in [1.82, 2.24) is 10.2 Å². The second kappa shape index (κ2) is 7.28. The van der Waals surface area contributed by atoms with E-state index >= 15 is 0 Å². The molecule has 1 amide bonds. The van der Waals surface area contributed by atoms with Gasteiger partial charge in [-0.3, -0.25) is 4.79 Å². The number of rotatable bonds is 4. The summed E-state index contributed by atoms with van der Waals surface area (Å²) in [6.07, 6.45) is 9.59.